The van der Waals surface area contributed by atoms with Gasteiger partial charge in [0.1, 0.15) is 0 Å². The summed E-state index contributed by atoms with van der Waals surface area (Å²) in [6.07, 6.45) is 0. The molecule has 0 aliphatic rings. The topological polar surface area (TPSA) is 75.3 Å². The van der Waals surface area contributed by atoms with Crippen molar-refractivity contribution in [2.45, 2.75) is 18.7 Å². The zero-order valence-electron chi connectivity index (χ0n) is 15.7. The summed E-state index contributed by atoms with van der Waals surface area (Å²) in [4.78, 5) is 12.7. The maximum atomic E-state index is 12.6. The van der Waals surface area contributed by atoms with Crippen molar-refractivity contribution < 1.29 is 13.2 Å². The molecule has 0 heterocycles. The monoisotopic (exact) mass is 448 g/mol. The minimum absolute atomic E-state index is 0.165. The summed E-state index contributed by atoms with van der Waals surface area (Å²) < 4.78 is 27.7. The summed E-state index contributed by atoms with van der Waals surface area (Å²) in [5.74, 6) is -0.406. The van der Waals surface area contributed by atoms with Crippen molar-refractivity contribution >= 4 is 50.5 Å². The van der Waals surface area contributed by atoms with Crippen molar-refractivity contribution in [1.82, 2.24) is 0 Å². The largest absolute Gasteiger partial charge is 0.319 e. The SMILES string of the molecule is Cc1ccc(S(=O)(=O)Nc2ccc(C(=O)Nc3c(Cl)cccc3Cl)cc2C)cc1. The number of benzene rings is 3. The molecule has 0 aromatic heterocycles. The number of amides is 1. The number of carbonyl (C=O) groups is 1. The number of hydrogen-bond acceptors (Lipinski definition) is 3. The van der Waals surface area contributed by atoms with E-state index in [0.29, 0.717) is 32.5 Å². The standard InChI is InChI=1S/C21H18Cl2N2O3S/c1-13-6-9-16(10-7-13)29(27,28)25-19-11-8-15(12-14(19)2)21(26)24-20-17(22)4-3-5-18(20)23/h3-12,25H,1-2H3,(H,24,26). The second kappa shape index (κ2) is 8.45. The number of anilines is 2. The number of halogens is 2. The van der Waals surface area contributed by atoms with Crippen molar-refractivity contribution in [2.75, 3.05) is 10.0 Å². The van der Waals surface area contributed by atoms with E-state index in [4.69, 9.17) is 23.2 Å². The Labute approximate surface area is 179 Å². The highest BCUT2D eigenvalue weighted by molar-refractivity contribution is 7.92. The van der Waals surface area contributed by atoms with Gasteiger partial charge in [0.25, 0.3) is 15.9 Å². The Morgan fingerprint density at radius 3 is 2.10 bits per heavy atom. The van der Waals surface area contributed by atoms with Crippen LogP contribution in [0.3, 0.4) is 0 Å². The third-order valence-electron chi connectivity index (χ3n) is 4.27. The van der Waals surface area contributed by atoms with Crippen LogP contribution >= 0.6 is 23.2 Å². The zero-order valence-corrected chi connectivity index (χ0v) is 18.0. The third-order valence-corrected chi connectivity index (χ3v) is 6.28. The molecule has 5 nitrogen and oxygen atoms in total. The fourth-order valence-corrected chi connectivity index (χ4v) is 4.27. The van der Waals surface area contributed by atoms with E-state index in [1.54, 1.807) is 61.5 Å². The van der Waals surface area contributed by atoms with E-state index in [-0.39, 0.29) is 4.90 Å². The Morgan fingerprint density at radius 2 is 1.52 bits per heavy atom. The lowest BCUT2D eigenvalue weighted by molar-refractivity contribution is 0.102. The van der Waals surface area contributed by atoms with Crippen LogP contribution in [0, 0.1) is 13.8 Å². The van der Waals surface area contributed by atoms with E-state index in [9.17, 15) is 13.2 Å². The average molecular weight is 449 g/mol. The lowest BCUT2D eigenvalue weighted by Crippen LogP contribution is -2.15. The molecule has 0 atom stereocenters. The molecular weight excluding hydrogens is 431 g/mol. The first-order valence-corrected chi connectivity index (χ1v) is 10.9. The molecule has 0 spiro atoms. The molecule has 150 valence electrons. The van der Waals surface area contributed by atoms with Gasteiger partial charge in [-0.1, -0.05) is 47.0 Å². The molecule has 3 aromatic carbocycles. The van der Waals surface area contributed by atoms with Crippen LogP contribution in [0.4, 0.5) is 11.4 Å². The Morgan fingerprint density at radius 1 is 0.897 bits per heavy atom. The number of carbonyl (C=O) groups excluding carboxylic acids is 1. The minimum Gasteiger partial charge on any atom is -0.319 e. The van der Waals surface area contributed by atoms with E-state index < -0.39 is 15.9 Å². The second-order valence-electron chi connectivity index (χ2n) is 6.50. The van der Waals surface area contributed by atoms with Crippen LogP contribution in [0.25, 0.3) is 0 Å². The molecule has 0 saturated heterocycles. The van der Waals surface area contributed by atoms with Crippen LogP contribution in [0.1, 0.15) is 21.5 Å². The van der Waals surface area contributed by atoms with Gasteiger partial charge in [0, 0.05) is 5.56 Å². The molecule has 0 aliphatic carbocycles. The van der Waals surface area contributed by atoms with Gasteiger partial charge in [-0.2, -0.15) is 0 Å². The molecule has 0 fully saturated rings. The highest BCUT2D eigenvalue weighted by Gasteiger charge is 2.17. The highest BCUT2D eigenvalue weighted by atomic mass is 35.5. The highest BCUT2D eigenvalue weighted by Crippen LogP contribution is 2.30. The lowest BCUT2D eigenvalue weighted by atomic mass is 10.1. The molecule has 3 rings (SSSR count). The van der Waals surface area contributed by atoms with E-state index in [0.717, 1.165) is 5.56 Å². The van der Waals surface area contributed by atoms with E-state index in [2.05, 4.69) is 10.0 Å². The quantitative estimate of drug-likeness (QED) is 0.528. The first kappa shape index (κ1) is 21.2. The Hall–Kier alpha value is -2.54. The molecule has 1 amide bonds. The maximum Gasteiger partial charge on any atom is 0.261 e. The van der Waals surface area contributed by atoms with Gasteiger partial charge in [-0.3, -0.25) is 9.52 Å². The fraction of sp³-hybridized carbons (Fsp3) is 0.0952. The Kier molecular flexibility index (Phi) is 6.17. The number of rotatable bonds is 5. The first-order chi connectivity index (χ1) is 13.7. The molecule has 0 saturated carbocycles. The van der Waals surface area contributed by atoms with Crippen LogP contribution in [-0.2, 0) is 10.0 Å². The molecule has 3 aromatic rings. The number of hydrogen-bond donors (Lipinski definition) is 2. The molecule has 8 heteroatoms. The van der Waals surface area contributed by atoms with Gasteiger partial charge in [-0.15, -0.1) is 0 Å². The van der Waals surface area contributed by atoms with Crippen LogP contribution in [-0.4, -0.2) is 14.3 Å². The molecular formula is C21H18Cl2N2O3S. The first-order valence-electron chi connectivity index (χ1n) is 8.63. The summed E-state index contributed by atoms with van der Waals surface area (Å²) in [5.41, 5.74) is 2.62. The number of aryl methyl sites for hydroxylation is 2. The van der Waals surface area contributed by atoms with Gasteiger partial charge < -0.3 is 5.32 Å². The van der Waals surface area contributed by atoms with E-state index >= 15 is 0 Å². The smallest absolute Gasteiger partial charge is 0.261 e. The summed E-state index contributed by atoms with van der Waals surface area (Å²) >= 11 is 12.2. The van der Waals surface area contributed by atoms with Gasteiger partial charge in [-0.05, 0) is 61.9 Å². The van der Waals surface area contributed by atoms with Crippen LogP contribution in [0.5, 0.6) is 0 Å². The van der Waals surface area contributed by atoms with Gasteiger partial charge >= 0.3 is 0 Å². The Balaban J connectivity index is 1.81. The van der Waals surface area contributed by atoms with Crippen LogP contribution < -0.4 is 10.0 Å². The summed E-state index contributed by atoms with van der Waals surface area (Å²) in [5, 5.41) is 3.33. The molecule has 0 radical (unpaired) electrons. The van der Waals surface area contributed by atoms with Gasteiger partial charge in [0.15, 0.2) is 0 Å². The second-order valence-corrected chi connectivity index (χ2v) is 9.00. The molecule has 29 heavy (non-hydrogen) atoms. The van der Waals surface area contributed by atoms with Crippen molar-refractivity contribution in [1.29, 1.82) is 0 Å². The molecule has 2 N–H and O–H groups in total. The van der Waals surface area contributed by atoms with Crippen molar-refractivity contribution in [3.8, 4) is 0 Å². The maximum absolute atomic E-state index is 12.6. The zero-order chi connectivity index (χ0) is 21.2. The fourth-order valence-electron chi connectivity index (χ4n) is 2.64. The van der Waals surface area contributed by atoms with Gasteiger partial charge in [0.2, 0.25) is 0 Å². The lowest BCUT2D eigenvalue weighted by Gasteiger charge is -2.13. The minimum atomic E-state index is -3.73. The van der Waals surface area contributed by atoms with Crippen LogP contribution in [0.15, 0.2) is 65.6 Å². The number of para-hydroxylation sites is 1. The van der Waals surface area contributed by atoms with E-state index in [1.165, 1.54) is 6.07 Å². The number of sulfonamides is 1. The van der Waals surface area contributed by atoms with E-state index in [1.807, 2.05) is 6.92 Å². The predicted molar refractivity (Wildman–Crippen MR) is 118 cm³/mol. The van der Waals surface area contributed by atoms with Crippen molar-refractivity contribution in [3.05, 3.63) is 87.4 Å². The normalized spacial score (nSPS) is 11.2. The Bertz CT molecular complexity index is 1160. The predicted octanol–water partition coefficient (Wildman–Crippen LogP) is 5.66. The number of nitrogens with one attached hydrogen (secondary N) is 2. The van der Waals surface area contributed by atoms with Gasteiger partial charge in [-0.25, -0.2) is 8.42 Å². The summed E-state index contributed by atoms with van der Waals surface area (Å²) in [6.45, 7) is 3.60. The average Bonchev–Trinajstić information content (AvgIpc) is 2.66. The van der Waals surface area contributed by atoms with Crippen molar-refractivity contribution in [2.24, 2.45) is 0 Å². The third kappa shape index (κ3) is 4.90. The summed E-state index contributed by atoms with van der Waals surface area (Å²) in [6, 6.07) is 16.1. The molecule has 0 aliphatic heterocycles. The molecule has 0 bridgehead atoms. The summed E-state index contributed by atoms with van der Waals surface area (Å²) in [7, 11) is -3.73. The van der Waals surface area contributed by atoms with Gasteiger partial charge in [0.05, 0.1) is 26.3 Å². The molecule has 0 unspecified atom stereocenters. The van der Waals surface area contributed by atoms with Crippen molar-refractivity contribution in [3.63, 3.8) is 0 Å². The van der Waals surface area contributed by atoms with Crippen LogP contribution in [0.2, 0.25) is 10.0 Å².